The summed E-state index contributed by atoms with van der Waals surface area (Å²) >= 11 is 5.99. The van der Waals surface area contributed by atoms with Crippen LogP contribution in [0.5, 0.6) is 0 Å². The molecule has 0 aromatic heterocycles. The van der Waals surface area contributed by atoms with Crippen LogP contribution in [-0.4, -0.2) is 47.4 Å². The Balaban J connectivity index is 2.26. The largest absolute Gasteiger partial charge is 0.322 e. The van der Waals surface area contributed by atoms with Gasteiger partial charge in [0.25, 0.3) is 15.9 Å². The summed E-state index contributed by atoms with van der Waals surface area (Å²) < 4.78 is 52.3. The molecule has 0 bridgehead atoms. The smallest absolute Gasteiger partial charge is 0.266 e. The van der Waals surface area contributed by atoms with Crippen molar-refractivity contribution < 1.29 is 26.5 Å². The number of benzene rings is 2. The van der Waals surface area contributed by atoms with E-state index < -0.39 is 26.0 Å². The van der Waals surface area contributed by atoms with Crippen LogP contribution in [0.1, 0.15) is 24.2 Å². The predicted molar refractivity (Wildman–Crippen MR) is 113 cm³/mol. The third-order valence-electron chi connectivity index (χ3n) is 3.88. The van der Waals surface area contributed by atoms with Crippen molar-refractivity contribution in [3.05, 3.63) is 53.1 Å². The van der Waals surface area contributed by atoms with Gasteiger partial charge in [0, 0.05) is 24.3 Å². The number of carbonyl (C=O) groups is 1. The summed E-state index contributed by atoms with van der Waals surface area (Å²) in [6.45, 7) is 3.41. The average molecular weight is 476 g/mol. The molecule has 1 amide bonds. The molecule has 30 heavy (non-hydrogen) atoms. The maximum Gasteiger partial charge on any atom is 0.266 e. The van der Waals surface area contributed by atoms with Gasteiger partial charge in [-0.1, -0.05) is 16.1 Å². The van der Waals surface area contributed by atoms with Gasteiger partial charge in [0.15, 0.2) is 0 Å². The number of hydrogen-bond donors (Lipinski definition) is 2. The predicted octanol–water partition coefficient (Wildman–Crippen LogP) is 2.46. The zero-order valence-electron chi connectivity index (χ0n) is 16.7. The lowest BCUT2D eigenvalue weighted by atomic mass is 10.2. The van der Waals surface area contributed by atoms with Crippen LogP contribution in [0.15, 0.2) is 52.3 Å². The highest BCUT2D eigenvalue weighted by molar-refractivity contribution is 7.89. The van der Waals surface area contributed by atoms with Crippen molar-refractivity contribution in [1.82, 2.24) is 9.19 Å². The number of carbonyl (C=O) groups excluding carboxylic acids is 1. The maximum absolute atomic E-state index is 12.5. The second kappa shape index (κ2) is 9.41. The lowest BCUT2D eigenvalue weighted by Crippen LogP contribution is -2.30. The Labute approximate surface area is 181 Å². The molecule has 0 heterocycles. The quantitative estimate of drug-likeness (QED) is 0.565. The van der Waals surface area contributed by atoms with Gasteiger partial charge in [-0.2, -0.15) is 0 Å². The highest BCUT2D eigenvalue weighted by Crippen LogP contribution is 2.26. The van der Waals surface area contributed by atoms with Crippen molar-refractivity contribution in [1.29, 1.82) is 0 Å². The van der Waals surface area contributed by atoms with Crippen molar-refractivity contribution in [3.8, 4) is 0 Å². The number of rotatable bonds is 8. The van der Waals surface area contributed by atoms with Gasteiger partial charge in [0.2, 0.25) is 10.0 Å². The Morgan fingerprint density at radius 2 is 1.67 bits per heavy atom. The molecule has 0 aliphatic carbocycles. The minimum absolute atomic E-state index is 0.0423. The highest BCUT2D eigenvalue weighted by Gasteiger charge is 2.25. The van der Waals surface area contributed by atoms with E-state index in [2.05, 4.69) is 10.0 Å². The first-order valence-corrected chi connectivity index (χ1v) is 11.9. The first kappa shape index (κ1) is 24.3. The SMILES string of the molecule is CON(C)S(=O)(=O)c1cc(C(=O)Nc2ccc(S(=O)(=O)NC(C)C)cc2)ccc1Cl. The second-order valence-electron chi connectivity index (χ2n) is 6.50. The Morgan fingerprint density at radius 1 is 1.07 bits per heavy atom. The van der Waals surface area contributed by atoms with Crippen LogP contribution >= 0.6 is 11.6 Å². The number of amides is 1. The standard InChI is InChI=1S/C18H22ClN3O6S2/c1-12(2)21-29(24,25)15-8-6-14(7-9-15)20-18(23)13-5-10-16(19)17(11-13)30(26,27)22(3)28-4/h5-12,21H,1-4H3,(H,20,23). The van der Waals surface area contributed by atoms with Gasteiger partial charge in [0.05, 0.1) is 17.0 Å². The molecule has 0 saturated heterocycles. The fourth-order valence-electron chi connectivity index (χ4n) is 2.38. The van der Waals surface area contributed by atoms with Crippen LogP contribution in [0, 0.1) is 0 Å². The van der Waals surface area contributed by atoms with Crippen LogP contribution in [0.4, 0.5) is 5.69 Å². The molecule has 2 aromatic carbocycles. The molecular formula is C18H22ClN3O6S2. The molecule has 2 rings (SSSR count). The van der Waals surface area contributed by atoms with Crippen LogP contribution < -0.4 is 10.0 Å². The van der Waals surface area contributed by atoms with E-state index in [0.29, 0.717) is 10.2 Å². The molecule has 0 atom stereocenters. The van der Waals surface area contributed by atoms with E-state index in [9.17, 15) is 21.6 Å². The number of hydroxylamine groups is 1. The molecule has 0 aliphatic heterocycles. The summed E-state index contributed by atoms with van der Waals surface area (Å²) in [5.41, 5.74) is 0.373. The summed E-state index contributed by atoms with van der Waals surface area (Å²) in [5.74, 6) is -0.598. The third-order valence-corrected chi connectivity index (χ3v) is 7.72. The molecule has 2 aromatic rings. The number of halogens is 1. The molecule has 2 N–H and O–H groups in total. The summed E-state index contributed by atoms with van der Waals surface area (Å²) in [6.07, 6.45) is 0. The van der Waals surface area contributed by atoms with E-state index in [4.69, 9.17) is 16.4 Å². The van der Waals surface area contributed by atoms with Gasteiger partial charge in [-0.3, -0.25) is 9.63 Å². The van der Waals surface area contributed by atoms with Crippen LogP contribution in [-0.2, 0) is 24.9 Å². The van der Waals surface area contributed by atoms with Gasteiger partial charge in [-0.05, 0) is 56.3 Å². The number of nitrogens with one attached hydrogen (secondary N) is 2. The monoisotopic (exact) mass is 475 g/mol. The van der Waals surface area contributed by atoms with Gasteiger partial charge < -0.3 is 5.32 Å². The Kier molecular flexibility index (Phi) is 7.61. The molecule has 0 aliphatic rings. The van der Waals surface area contributed by atoms with Gasteiger partial charge in [0.1, 0.15) is 4.90 Å². The second-order valence-corrected chi connectivity index (χ2v) is 10.5. The Hall–Kier alpha value is -2.02. The molecule has 0 unspecified atom stereocenters. The van der Waals surface area contributed by atoms with E-state index in [-0.39, 0.29) is 26.4 Å². The molecule has 12 heteroatoms. The fourth-order valence-corrected chi connectivity index (χ4v) is 5.10. The Morgan fingerprint density at radius 3 is 2.20 bits per heavy atom. The number of nitrogens with zero attached hydrogens (tertiary/aromatic N) is 1. The minimum Gasteiger partial charge on any atom is -0.322 e. The van der Waals surface area contributed by atoms with E-state index >= 15 is 0 Å². The van der Waals surface area contributed by atoms with Crippen molar-refractivity contribution >= 4 is 43.2 Å². The normalized spacial score (nSPS) is 12.4. The lowest BCUT2D eigenvalue weighted by Gasteiger charge is -2.16. The third kappa shape index (κ3) is 5.56. The van der Waals surface area contributed by atoms with Gasteiger partial charge >= 0.3 is 0 Å². The lowest BCUT2D eigenvalue weighted by molar-refractivity contribution is -0.0258. The maximum atomic E-state index is 12.5. The van der Waals surface area contributed by atoms with Crippen LogP contribution in [0.25, 0.3) is 0 Å². The van der Waals surface area contributed by atoms with Crippen LogP contribution in [0.2, 0.25) is 5.02 Å². The van der Waals surface area contributed by atoms with E-state index in [0.717, 1.165) is 6.07 Å². The van der Waals surface area contributed by atoms with Gasteiger partial charge in [-0.15, -0.1) is 0 Å². The molecule has 9 nitrogen and oxygen atoms in total. The summed E-state index contributed by atoms with van der Waals surface area (Å²) in [6, 6.07) is 9.10. The molecular weight excluding hydrogens is 454 g/mol. The first-order chi connectivity index (χ1) is 13.9. The highest BCUT2D eigenvalue weighted by atomic mass is 35.5. The number of anilines is 1. The van der Waals surface area contributed by atoms with Gasteiger partial charge in [-0.25, -0.2) is 21.6 Å². The summed E-state index contributed by atoms with van der Waals surface area (Å²) in [7, 11) is -5.33. The summed E-state index contributed by atoms with van der Waals surface area (Å²) in [5, 5.41) is 2.52. The first-order valence-electron chi connectivity index (χ1n) is 8.65. The minimum atomic E-state index is -4.06. The Bertz CT molecular complexity index is 1130. The van der Waals surface area contributed by atoms with E-state index in [1.165, 1.54) is 50.6 Å². The molecule has 0 fully saturated rings. The van der Waals surface area contributed by atoms with Crippen molar-refractivity contribution in [3.63, 3.8) is 0 Å². The van der Waals surface area contributed by atoms with E-state index in [1.54, 1.807) is 13.8 Å². The van der Waals surface area contributed by atoms with E-state index in [1.807, 2.05) is 0 Å². The van der Waals surface area contributed by atoms with Crippen molar-refractivity contribution in [2.24, 2.45) is 0 Å². The fraction of sp³-hybridized carbons (Fsp3) is 0.278. The van der Waals surface area contributed by atoms with Crippen LogP contribution in [0.3, 0.4) is 0 Å². The van der Waals surface area contributed by atoms with Crippen molar-refractivity contribution in [2.75, 3.05) is 19.5 Å². The molecule has 0 saturated carbocycles. The number of hydrogen-bond acceptors (Lipinski definition) is 6. The topological polar surface area (TPSA) is 122 Å². The molecule has 164 valence electrons. The zero-order chi connectivity index (χ0) is 22.7. The molecule has 0 spiro atoms. The average Bonchev–Trinajstić information content (AvgIpc) is 2.66. The number of sulfonamides is 2. The summed E-state index contributed by atoms with van der Waals surface area (Å²) in [4.78, 5) is 17.0. The zero-order valence-corrected chi connectivity index (χ0v) is 19.1. The van der Waals surface area contributed by atoms with Crippen molar-refractivity contribution in [2.45, 2.75) is 29.7 Å². The molecule has 0 radical (unpaired) electrons.